The number of fused-ring (bicyclic) bond motifs is 1. The molecule has 0 atom stereocenters. The molecule has 1 saturated heterocycles. The monoisotopic (exact) mass is 397 g/mol. The van der Waals surface area contributed by atoms with Crippen molar-refractivity contribution in [1.29, 1.82) is 0 Å². The number of aryl methyl sites for hydroxylation is 2. The first-order chi connectivity index (χ1) is 14.2. The fraction of sp³-hybridized carbons (Fsp3) is 0.682. The van der Waals surface area contributed by atoms with Gasteiger partial charge < -0.3 is 14.9 Å². The van der Waals surface area contributed by atoms with E-state index in [1.54, 1.807) is 0 Å². The van der Waals surface area contributed by atoms with E-state index in [1.165, 1.54) is 19.3 Å². The van der Waals surface area contributed by atoms with Crippen molar-refractivity contribution < 1.29 is 9.57 Å². The van der Waals surface area contributed by atoms with Gasteiger partial charge in [0.25, 0.3) is 0 Å². The van der Waals surface area contributed by atoms with Gasteiger partial charge in [-0.25, -0.2) is 9.67 Å². The quantitative estimate of drug-likeness (QED) is 0.838. The van der Waals surface area contributed by atoms with Gasteiger partial charge in [0, 0.05) is 44.0 Å². The number of nitrogens with one attached hydrogen (secondary N) is 1. The van der Waals surface area contributed by atoms with Gasteiger partial charge in [-0.3, -0.25) is 0 Å². The van der Waals surface area contributed by atoms with Crippen LogP contribution in [0.15, 0.2) is 11.4 Å². The summed E-state index contributed by atoms with van der Waals surface area (Å²) in [5.41, 5.74) is 5.08. The van der Waals surface area contributed by atoms with E-state index in [0.717, 1.165) is 85.6 Å². The second-order valence-electron chi connectivity index (χ2n) is 8.73. The van der Waals surface area contributed by atoms with Crippen LogP contribution in [0.2, 0.25) is 0 Å². The number of ether oxygens (including phenoxy) is 1. The molecule has 0 aromatic carbocycles. The Balaban J connectivity index is 1.55. The molecule has 2 fully saturated rings. The van der Waals surface area contributed by atoms with Crippen LogP contribution < -0.4 is 5.32 Å². The maximum absolute atomic E-state index is 6.05. The van der Waals surface area contributed by atoms with Gasteiger partial charge >= 0.3 is 0 Å². The Kier molecular flexibility index (Phi) is 4.94. The van der Waals surface area contributed by atoms with Crippen molar-refractivity contribution in [3.8, 4) is 0 Å². The van der Waals surface area contributed by atoms with E-state index in [2.05, 4.69) is 24.3 Å². The molecule has 1 aliphatic carbocycles. The number of oxime groups is 1. The van der Waals surface area contributed by atoms with Crippen LogP contribution in [0.25, 0.3) is 11.0 Å². The Hall–Kier alpha value is -2.15. The summed E-state index contributed by atoms with van der Waals surface area (Å²) in [6.45, 7) is 6.60. The molecule has 0 amide bonds. The van der Waals surface area contributed by atoms with E-state index in [0.29, 0.717) is 6.04 Å². The molecule has 1 spiro atoms. The summed E-state index contributed by atoms with van der Waals surface area (Å²) in [5, 5.41) is 14.3. The third-order valence-electron chi connectivity index (χ3n) is 6.72. The van der Waals surface area contributed by atoms with Crippen molar-refractivity contribution in [2.45, 2.75) is 83.4 Å². The Bertz CT molecular complexity index is 923. The summed E-state index contributed by atoms with van der Waals surface area (Å²) >= 11 is 0. The van der Waals surface area contributed by atoms with Crippen LogP contribution in [0.3, 0.4) is 0 Å². The molecule has 2 aliphatic heterocycles. The number of hydrogen-bond donors (Lipinski definition) is 1. The molecule has 1 saturated carbocycles. The standard InChI is InChI=1S/C22H31N5O2/c1-3-27-21-19(15(2)25-27)20(24-16-7-11-28-12-8-16)17(14-23-21)18-13-22(29-26-18)9-5-4-6-10-22/h14,16H,3-13H2,1-2H3,(H,23,24). The molecular weight excluding hydrogens is 366 g/mol. The SMILES string of the molecule is CCn1nc(C)c2c(NC3CCOCC3)c(C3=NOC4(CCCCC4)C3)cnc21. The third kappa shape index (κ3) is 3.39. The summed E-state index contributed by atoms with van der Waals surface area (Å²) < 4.78 is 7.55. The van der Waals surface area contributed by atoms with E-state index in [9.17, 15) is 0 Å². The van der Waals surface area contributed by atoms with Crippen molar-refractivity contribution >= 4 is 22.4 Å². The van der Waals surface area contributed by atoms with E-state index in [4.69, 9.17) is 19.7 Å². The largest absolute Gasteiger partial charge is 0.389 e. The second kappa shape index (κ2) is 7.59. The lowest BCUT2D eigenvalue weighted by Crippen LogP contribution is -2.32. The minimum Gasteiger partial charge on any atom is -0.389 e. The second-order valence-corrected chi connectivity index (χ2v) is 8.73. The van der Waals surface area contributed by atoms with Crippen LogP contribution in [-0.4, -0.2) is 45.3 Å². The van der Waals surface area contributed by atoms with Gasteiger partial charge in [-0.1, -0.05) is 11.6 Å². The molecule has 156 valence electrons. The zero-order chi connectivity index (χ0) is 19.8. The molecule has 5 rings (SSSR count). The zero-order valence-electron chi connectivity index (χ0n) is 17.5. The Labute approximate surface area is 171 Å². The number of rotatable bonds is 4. The summed E-state index contributed by atoms with van der Waals surface area (Å²) in [4.78, 5) is 10.9. The first kappa shape index (κ1) is 18.9. The van der Waals surface area contributed by atoms with Gasteiger partial charge in [0.15, 0.2) is 5.65 Å². The van der Waals surface area contributed by atoms with E-state index >= 15 is 0 Å². The molecule has 7 heteroatoms. The van der Waals surface area contributed by atoms with Crippen molar-refractivity contribution in [3.63, 3.8) is 0 Å². The van der Waals surface area contributed by atoms with E-state index < -0.39 is 0 Å². The minimum atomic E-state index is -0.0961. The predicted molar refractivity (Wildman–Crippen MR) is 113 cm³/mol. The van der Waals surface area contributed by atoms with Crippen LogP contribution >= 0.6 is 0 Å². The van der Waals surface area contributed by atoms with Gasteiger partial charge in [-0.15, -0.1) is 0 Å². The summed E-state index contributed by atoms with van der Waals surface area (Å²) in [7, 11) is 0. The molecule has 29 heavy (non-hydrogen) atoms. The average molecular weight is 398 g/mol. The zero-order valence-corrected chi connectivity index (χ0v) is 17.5. The van der Waals surface area contributed by atoms with Crippen LogP contribution in [0.5, 0.6) is 0 Å². The number of pyridine rings is 1. The van der Waals surface area contributed by atoms with E-state index in [-0.39, 0.29) is 5.60 Å². The number of nitrogens with zero attached hydrogens (tertiary/aromatic N) is 4. The smallest absolute Gasteiger partial charge is 0.160 e. The Morgan fingerprint density at radius 1 is 1.21 bits per heavy atom. The normalized spacial score (nSPS) is 22.1. The maximum Gasteiger partial charge on any atom is 0.160 e. The van der Waals surface area contributed by atoms with Crippen LogP contribution in [-0.2, 0) is 16.1 Å². The molecule has 2 aromatic heterocycles. The van der Waals surface area contributed by atoms with Crippen LogP contribution in [0.4, 0.5) is 5.69 Å². The lowest BCUT2D eigenvalue weighted by Gasteiger charge is -2.30. The fourth-order valence-corrected chi connectivity index (χ4v) is 5.08. The third-order valence-corrected chi connectivity index (χ3v) is 6.72. The summed E-state index contributed by atoms with van der Waals surface area (Å²) in [6.07, 6.45) is 10.8. The van der Waals surface area contributed by atoms with Crippen molar-refractivity contribution in [3.05, 3.63) is 17.5 Å². The van der Waals surface area contributed by atoms with Gasteiger partial charge in [0.1, 0.15) is 5.60 Å². The molecular formula is C22H31N5O2. The van der Waals surface area contributed by atoms with Gasteiger partial charge in [0.05, 0.1) is 22.5 Å². The average Bonchev–Trinajstić information content (AvgIpc) is 3.30. The summed E-state index contributed by atoms with van der Waals surface area (Å²) in [6, 6.07) is 0.393. The molecule has 0 radical (unpaired) electrons. The van der Waals surface area contributed by atoms with Gasteiger partial charge in [0.2, 0.25) is 0 Å². The molecule has 4 heterocycles. The van der Waals surface area contributed by atoms with Gasteiger partial charge in [-0.2, -0.15) is 5.10 Å². The number of hydrogen-bond acceptors (Lipinski definition) is 6. The van der Waals surface area contributed by atoms with Crippen LogP contribution in [0, 0.1) is 6.92 Å². The maximum atomic E-state index is 6.05. The van der Waals surface area contributed by atoms with Crippen molar-refractivity contribution in [2.75, 3.05) is 18.5 Å². The van der Waals surface area contributed by atoms with Crippen molar-refractivity contribution in [2.24, 2.45) is 5.16 Å². The molecule has 7 nitrogen and oxygen atoms in total. The van der Waals surface area contributed by atoms with Crippen LogP contribution in [0.1, 0.15) is 69.5 Å². The summed E-state index contributed by atoms with van der Waals surface area (Å²) in [5.74, 6) is 0. The lowest BCUT2D eigenvalue weighted by molar-refractivity contribution is -0.0449. The fourth-order valence-electron chi connectivity index (χ4n) is 5.08. The van der Waals surface area contributed by atoms with Crippen molar-refractivity contribution in [1.82, 2.24) is 14.8 Å². The Morgan fingerprint density at radius 3 is 2.76 bits per heavy atom. The highest BCUT2D eigenvalue weighted by molar-refractivity contribution is 6.11. The highest BCUT2D eigenvalue weighted by Crippen LogP contribution is 2.41. The molecule has 0 unspecified atom stereocenters. The Morgan fingerprint density at radius 2 is 2.00 bits per heavy atom. The molecule has 0 bridgehead atoms. The highest BCUT2D eigenvalue weighted by atomic mass is 16.7. The molecule has 3 aliphatic rings. The predicted octanol–water partition coefficient (Wildman–Crippen LogP) is 4.18. The van der Waals surface area contributed by atoms with Gasteiger partial charge in [-0.05, 0) is 52.4 Å². The minimum absolute atomic E-state index is 0.0961. The topological polar surface area (TPSA) is 73.6 Å². The lowest BCUT2D eigenvalue weighted by atomic mass is 9.80. The number of anilines is 1. The molecule has 1 N–H and O–H groups in total. The first-order valence-electron chi connectivity index (χ1n) is 11.1. The van der Waals surface area contributed by atoms with E-state index in [1.807, 2.05) is 10.9 Å². The molecule has 2 aromatic rings. The highest BCUT2D eigenvalue weighted by Gasteiger charge is 2.41. The first-order valence-corrected chi connectivity index (χ1v) is 11.1. The number of aromatic nitrogens is 3.